The maximum Gasteiger partial charge on any atom is 0.236 e. The Morgan fingerprint density at radius 3 is 2.85 bits per heavy atom. The summed E-state index contributed by atoms with van der Waals surface area (Å²) in [6.45, 7) is 5.45. The minimum atomic E-state index is -0.192. The zero-order valence-corrected chi connectivity index (χ0v) is 12.7. The fourth-order valence-electron chi connectivity index (χ4n) is 1.89. The zero-order valence-electron chi connectivity index (χ0n) is 12.7. The van der Waals surface area contributed by atoms with E-state index in [1.54, 1.807) is 7.11 Å². The number of amides is 1. The molecule has 4 nitrogen and oxygen atoms in total. The SMILES string of the molecule is CCCCCNC(=O)C(C)NCc1cccc(OC)c1. The van der Waals surface area contributed by atoms with Gasteiger partial charge in [-0.2, -0.15) is 0 Å². The summed E-state index contributed by atoms with van der Waals surface area (Å²) in [5.74, 6) is 0.893. The third-order valence-corrected chi connectivity index (χ3v) is 3.22. The molecule has 1 atom stereocenters. The van der Waals surface area contributed by atoms with E-state index in [-0.39, 0.29) is 11.9 Å². The largest absolute Gasteiger partial charge is 0.497 e. The molecular formula is C16H26N2O2. The van der Waals surface area contributed by atoms with Gasteiger partial charge in [-0.05, 0) is 31.0 Å². The van der Waals surface area contributed by atoms with Crippen LogP contribution in [-0.2, 0) is 11.3 Å². The number of unbranched alkanes of at least 4 members (excludes halogenated alkanes) is 2. The van der Waals surface area contributed by atoms with Crippen LogP contribution in [0, 0.1) is 0 Å². The first kappa shape index (κ1) is 16.5. The highest BCUT2D eigenvalue weighted by molar-refractivity contribution is 5.81. The molecular weight excluding hydrogens is 252 g/mol. The van der Waals surface area contributed by atoms with Crippen LogP contribution in [0.5, 0.6) is 5.75 Å². The maximum absolute atomic E-state index is 11.9. The van der Waals surface area contributed by atoms with Crippen molar-refractivity contribution in [2.75, 3.05) is 13.7 Å². The van der Waals surface area contributed by atoms with E-state index < -0.39 is 0 Å². The molecule has 1 aromatic rings. The predicted molar refractivity (Wildman–Crippen MR) is 81.8 cm³/mol. The van der Waals surface area contributed by atoms with Crippen molar-refractivity contribution in [1.29, 1.82) is 0 Å². The van der Waals surface area contributed by atoms with Crippen molar-refractivity contribution in [3.05, 3.63) is 29.8 Å². The minimum Gasteiger partial charge on any atom is -0.497 e. The fourth-order valence-corrected chi connectivity index (χ4v) is 1.89. The van der Waals surface area contributed by atoms with E-state index in [2.05, 4.69) is 17.6 Å². The predicted octanol–water partition coefficient (Wildman–Crippen LogP) is 2.48. The van der Waals surface area contributed by atoms with Crippen LogP contribution in [-0.4, -0.2) is 25.6 Å². The lowest BCUT2D eigenvalue weighted by atomic mass is 10.2. The number of benzene rings is 1. The van der Waals surface area contributed by atoms with Crippen LogP contribution in [0.2, 0.25) is 0 Å². The van der Waals surface area contributed by atoms with Gasteiger partial charge in [-0.3, -0.25) is 4.79 Å². The Morgan fingerprint density at radius 2 is 2.15 bits per heavy atom. The summed E-state index contributed by atoms with van der Waals surface area (Å²) in [5.41, 5.74) is 1.11. The van der Waals surface area contributed by atoms with Crippen LogP contribution in [0.1, 0.15) is 38.7 Å². The summed E-state index contributed by atoms with van der Waals surface area (Å²) in [6, 6.07) is 7.65. The molecule has 0 heterocycles. The lowest BCUT2D eigenvalue weighted by Crippen LogP contribution is -2.42. The van der Waals surface area contributed by atoms with Gasteiger partial charge in [0.2, 0.25) is 5.91 Å². The van der Waals surface area contributed by atoms with Crippen molar-refractivity contribution in [1.82, 2.24) is 10.6 Å². The van der Waals surface area contributed by atoms with Crippen molar-refractivity contribution in [2.45, 2.75) is 45.7 Å². The first-order chi connectivity index (χ1) is 9.67. The molecule has 0 spiro atoms. The number of hydrogen-bond donors (Lipinski definition) is 2. The van der Waals surface area contributed by atoms with Crippen molar-refractivity contribution < 1.29 is 9.53 Å². The molecule has 0 aromatic heterocycles. The van der Waals surface area contributed by atoms with E-state index in [9.17, 15) is 4.79 Å². The lowest BCUT2D eigenvalue weighted by molar-refractivity contribution is -0.122. The Morgan fingerprint density at radius 1 is 1.35 bits per heavy atom. The van der Waals surface area contributed by atoms with E-state index >= 15 is 0 Å². The van der Waals surface area contributed by atoms with Crippen molar-refractivity contribution >= 4 is 5.91 Å². The summed E-state index contributed by atoms with van der Waals surface area (Å²) in [4.78, 5) is 11.9. The molecule has 2 N–H and O–H groups in total. The van der Waals surface area contributed by atoms with Crippen LogP contribution >= 0.6 is 0 Å². The zero-order chi connectivity index (χ0) is 14.8. The van der Waals surface area contributed by atoms with E-state index in [4.69, 9.17) is 4.74 Å². The third kappa shape index (κ3) is 6.06. The fraction of sp³-hybridized carbons (Fsp3) is 0.562. The number of ether oxygens (including phenoxy) is 1. The van der Waals surface area contributed by atoms with Crippen LogP contribution in [0.15, 0.2) is 24.3 Å². The number of nitrogens with one attached hydrogen (secondary N) is 2. The molecule has 0 saturated heterocycles. The molecule has 4 heteroatoms. The molecule has 1 rings (SSSR count). The van der Waals surface area contributed by atoms with Crippen LogP contribution in [0.3, 0.4) is 0 Å². The van der Waals surface area contributed by atoms with Gasteiger partial charge in [0, 0.05) is 13.1 Å². The molecule has 0 aliphatic carbocycles. The lowest BCUT2D eigenvalue weighted by Gasteiger charge is -2.14. The second-order valence-electron chi connectivity index (χ2n) is 4.95. The molecule has 1 amide bonds. The molecule has 20 heavy (non-hydrogen) atoms. The summed E-state index contributed by atoms with van der Waals surface area (Å²) in [5, 5.41) is 6.17. The summed E-state index contributed by atoms with van der Waals surface area (Å²) in [6.07, 6.45) is 3.37. The van der Waals surface area contributed by atoms with E-state index in [1.807, 2.05) is 31.2 Å². The molecule has 112 valence electrons. The van der Waals surface area contributed by atoms with E-state index in [1.165, 1.54) is 6.42 Å². The Kier molecular flexibility index (Phi) is 7.73. The number of hydrogen-bond acceptors (Lipinski definition) is 3. The smallest absolute Gasteiger partial charge is 0.236 e. The highest BCUT2D eigenvalue weighted by atomic mass is 16.5. The first-order valence-electron chi connectivity index (χ1n) is 7.31. The van der Waals surface area contributed by atoms with E-state index in [0.29, 0.717) is 6.54 Å². The quantitative estimate of drug-likeness (QED) is 0.682. The Hall–Kier alpha value is -1.55. The molecule has 0 aliphatic heterocycles. The molecule has 0 fully saturated rings. The second-order valence-corrected chi connectivity index (χ2v) is 4.95. The van der Waals surface area contributed by atoms with Gasteiger partial charge in [0.05, 0.1) is 13.2 Å². The third-order valence-electron chi connectivity index (χ3n) is 3.22. The summed E-state index contributed by atoms with van der Waals surface area (Å²) < 4.78 is 5.18. The monoisotopic (exact) mass is 278 g/mol. The van der Waals surface area contributed by atoms with Gasteiger partial charge in [-0.15, -0.1) is 0 Å². The summed E-state index contributed by atoms with van der Waals surface area (Å²) >= 11 is 0. The molecule has 1 unspecified atom stereocenters. The van der Waals surface area contributed by atoms with Gasteiger partial charge in [0.25, 0.3) is 0 Å². The number of carbonyl (C=O) groups excluding carboxylic acids is 1. The summed E-state index contributed by atoms with van der Waals surface area (Å²) in [7, 11) is 1.65. The topological polar surface area (TPSA) is 50.4 Å². The van der Waals surface area contributed by atoms with Crippen LogP contribution < -0.4 is 15.4 Å². The molecule has 0 saturated carbocycles. The number of carbonyl (C=O) groups is 1. The minimum absolute atomic E-state index is 0.0593. The van der Waals surface area contributed by atoms with Crippen LogP contribution in [0.4, 0.5) is 0 Å². The van der Waals surface area contributed by atoms with Gasteiger partial charge in [0.1, 0.15) is 5.75 Å². The Bertz CT molecular complexity index is 407. The Balaban J connectivity index is 2.30. The van der Waals surface area contributed by atoms with Gasteiger partial charge in [-0.25, -0.2) is 0 Å². The molecule has 0 aliphatic rings. The average Bonchev–Trinajstić information content (AvgIpc) is 2.49. The van der Waals surface area contributed by atoms with Gasteiger partial charge in [-0.1, -0.05) is 31.9 Å². The van der Waals surface area contributed by atoms with E-state index in [0.717, 1.165) is 30.7 Å². The highest BCUT2D eigenvalue weighted by Gasteiger charge is 2.11. The van der Waals surface area contributed by atoms with Crippen molar-refractivity contribution in [3.8, 4) is 5.75 Å². The van der Waals surface area contributed by atoms with Gasteiger partial charge >= 0.3 is 0 Å². The van der Waals surface area contributed by atoms with Gasteiger partial charge in [0.15, 0.2) is 0 Å². The van der Waals surface area contributed by atoms with Gasteiger partial charge < -0.3 is 15.4 Å². The maximum atomic E-state index is 11.9. The van der Waals surface area contributed by atoms with Crippen LogP contribution in [0.25, 0.3) is 0 Å². The Labute approximate surface area is 121 Å². The molecule has 1 aromatic carbocycles. The average molecular weight is 278 g/mol. The molecule has 0 bridgehead atoms. The van der Waals surface area contributed by atoms with Crippen molar-refractivity contribution in [3.63, 3.8) is 0 Å². The highest BCUT2D eigenvalue weighted by Crippen LogP contribution is 2.12. The first-order valence-corrected chi connectivity index (χ1v) is 7.31. The second kappa shape index (κ2) is 9.37. The number of methoxy groups -OCH3 is 1. The normalized spacial score (nSPS) is 11.9. The van der Waals surface area contributed by atoms with Crippen molar-refractivity contribution in [2.24, 2.45) is 0 Å². The standard InChI is InChI=1S/C16H26N2O2/c1-4-5-6-10-17-16(19)13(2)18-12-14-8-7-9-15(11-14)20-3/h7-9,11,13,18H,4-6,10,12H2,1-3H3,(H,17,19). The number of rotatable bonds is 9. The molecule has 0 radical (unpaired) electrons.